The Hall–Kier alpha value is -2.74. The average Bonchev–Trinajstić information content (AvgIpc) is 3.21. The van der Waals surface area contributed by atoms with Crippen LogP contribution in [0.4, 0.5) is 9.39 Å². The highest BCUT2D eigenvalue weighted by Gasteiger charge is 2.35. The van der Waals surface area contributed by atoms with Crippen molar-refractivity contribution in [3.8, 4) is 0 Å². The standard InChI is InChI=1S/C18H17FN2O4S/c1-10-8-14(20-16(22)11-4-2-5-12(19)9-11)26-15(10)17(23)21-7-3-6-13(21)18(24)25/h2,4-5,8-9,13H,3,6-7H2,1H3,(H,20,22)(H,24,25). The summed E-state index contributed by atoms with van der Waals surface area (Å²) in [7, 11) is 0. The molecule has 0 aliphatic carbocycles. The first-order chi connectivity index (χ1) is 12.4. The van der Waals surface area contributed by atoms with Gasteiger partial charge < -0.3 is 15.3 Å². The Kier molecular flexibility index (Phi) is 5.03. The third kappa shape index (κ3) is 3.60. The molecule has 1 aromatic carbocycles. The Morgan fingerprint density at radius 2 is 2.08 bits per heavy atom. The number of nitrogens with zero attached hydrogens (tertiary/aromatic N) is 1. The van der Waals surface area contributed by atoms with Crippen molar-refractivity contribution in [3.05, 3.63) is 52.2 Å². The monoisotopic (exact) mass is 376 g/mol. The molecule has 2 N–H and O–H groups in total. The molecule has 0 saturated carbocycles. The molecule has 1 saturated heterocycles. The number of thiophene rings is 1. The van der Waals surface area contributed by atoms with Gasteiger partial charge in [-0.2, -0.15) is 0 Å². The lowest BCUT2D eigenvalue weighted by Crippen LogP contribution is -2.40. The van der Waals surface area contributed by atoms with Gasteiger partial charge in [0.1, 0.15) is 11.9 Å². The molecule has 2 aromatic rings. The number of hydrogen-bond donors (Lipinski definition) is 2. The number of anilines is 1. The van der Waals surface area contributed by atoms with E-state index in [1.54, 1.807) is 13.0 Å². The van der Waals surface area contributed by atoms with Crippen LogP contribution in [0.5, 0.6) is 0 Å². The van der Waals surface area contributed by atoms with Crippen molar-refractivity contribution >= 4 is 34.1 Å². The Labute approximate surface area is 153 Å². The van der Waals surface area contributed by atoms with Crippen LogP contribution in [0.3, 0.4) is 0 Å². The maximum absolute atomic E-state index is 13.2. The second-order valence-corrected chi connectivity index (χ2v) is 7.13. The SMILES string of the molecule is Cc1cc(NC(=O)c2cccc(F)c2)sc1C(=O)N1CCCC1C(=O)O. The fourth-order valence-corrected chi connectivity index (χ4v) is 3.99. The number of halogens is 1. The summed E-state index contributed by atoms with van der Waals surface area (Å²) in [6.07, 6.45) is 1.09. The van der Waals surface area contributed by atoms with Crippen LogP contribution in [0.2, 0.25) is 0 Å². The third-order valence-electron chi connectivity index (χ3n) is 4.23. The molecule has 1 aromatic heterocycles. The summed E-state index contributed by atoms with van der Waals surface area (Å²) < 4.78 is 13.2. The maximum atomic E-state index is 13.2. The van der Waals surface area contributed by atoms with Crippen molar-refractivity contribution in [2.24, 2.45) is 0 Å². The van der Waals surface area contributed by atoms with E-state index in [4.69, 9.17) is 0 Å². The number of aliphatic carboxylic acids is 1. The number of likely N-dealkylation sites (tertiary alicyclic amines) is 1. The minimum absolute atomic E-state index is 0.175. The number of carboxylic acids is 1. The van der Waals surface area contributed by atoms with Gasteiger partial charge >= 0.3 is 5.97 Å². The van der Waals surface area contributed by atoms with Crippen LogP contribution in [0.15, 0.2) is 30.3 Å². The smallest absolute Gasteiger partial charge is 0.326 e. The Morgan fingerprint density at radius 3 is 2.77 bits per heavy atom. The predicted octanol–water partition coefficient (Wildman–Crippen LogP) is 3.14. The first-order valence-electron chi connectivity index (χ1n) is 8.08. The highest BCUT2D eigenvalue weighted by atomic mass is 32.1. The summed E-state index contributed by atoms with van der Waals surface area (Å²) in [5.41, 5.74) is 0.833. The molecule has 26 heavy (non-hydrogen) atoms. The van der Waals surface area contributed by atoms with E-state index in [1.165, 1.54) is 23.1 Å². The van der Waals surface area contributed by atoms with Crippen molar-refractivity contribution in [1.29, 1.82) is 0 Å². The molecular formula is C18H17FN2O4S. The van der Waals surface area contributed by atoms with Crippen molar-refractivity contribution < 1.29 is 23.9 Å². The van der Waals surface area contributed by atoms with Crippen molar-refractivity contribution in [2.45, 2.75) is 25.8 Å². The molecule has 0 radical (unpaired) electrons. The molecule has 2 amide bonds. The van der Waals surface area contributed by atoms with E-state index in [0.717, 1.165) is 17.4 Å². The molecule has 3 rings (SSSR count). The van der Waals surface area contributed by atoms with E-state index in [2.05, 4.69) is 5.32 Å². The molecule has 0 spiro atoms. The van der Waals surface area contributed by atoms with E-state index in [9.17, 15) is 23.9 Å². The molecular weight excluding hydrogens is 359 g/mol. The summed E-state index contributed by atoms with van der Waals surface area (Å²) in [6, 6.07) is 6.15. The maximum Gasteiger partial charge on any atom is 0.326 e. The van der Waals surface area contributed by atoms with Crippen LogP contribution < -0.4 is 5.32 Å². The number of carbonyl (C=O) groups excluding carboxylic acids is 2. The molecule has 136 valence electrons. The van der Waals surface area contributed by atoms with E-state index in [-0.39, 0.29) is 11.5 Å². The normalized spacial score (nSPS) is 16.5. The summed E-state index contributed by atoms with van der Waals surface area (Å²) in [6.45, 7) is 2.13. The lowest BCUT2D eigenvalue weighted by Gasteiger charge is -2.20. The van der Waals surface area contributed by atoms with Crippen LogP contribution in [0.1, 0.15) is 38.4 Å². The first kappa shape index (κ1) is 18.1. The zero-order chi connectivity index (χ0) is 18.8. The van der Waals surface area contributed by atoms with Gasteiger partial charge in [-0.3, -0.25) is 9.59 Å². The molecule has 1 unspecified atom stereocenters. The van der Waals surface area contributed by atoms with Crippen molar-refractivity contribution in [3.63, 3.8) is 0 Å². The third-order valence-corrected chi connectivity index (χ3v) is 5.37. The Morgan fingerprint density at radius 1 is 1.31 bits per heavy atom. The predicted molar refractivity (Wildman–Crippen MR) is 95.1 cm³/mol. The van der Waals surface area contributed by atoms with Crippen LogP contribution >= 0.6 is 11.3 Å². The zero-order valence-electron chi connectivity index (χ0n) is 14.0. The number of rotatable bonds is 4. The highest BCUT2D eigenvalue weighted by molar-refractivity contribution is 7.18. The van der Waals surface area contributed by atoms with Gasteiger partial charge in [0.2, 0.25) is 0 Å². The number of carbonyl (C=O) groups is 3. The number of hydrogen-bond acceptors (Lipinski definition) is 4. The molecule has 0 bridgehead atoms. The minimum Gasteiger partial charge on any atom is -0.480 e. The van der Waals surface area contributed by atoms with E-state index in [0.29, 0.717) is 34.8 Å². The largest absolute Gasteiger partial charge is 0.480 e. The quantitative estimate of drug-likeness (QED) is 0.858. The summed E-state index contributed by atoms with van der Waals surface area (Å²) in [5, 5.41) is 12.3. The molecule has 2 heterocycles. The molecule has 8 heteroatoms. The topological polar surface area (TPSA) is 86.7 Å². The van der Waals surface area contributed by atoms with Crippen LogP contribution in [0.25, 0.3) is 0 Å². The molecule has 1 aliphatic rings. The van der Waals surface area contributed by atoms with Gasteiger partial charge in [-0.1, -0.05) is 6.07 Å². The van der Waals surface area contributed by atoms with E-state index >= 15 is 0 Å². The lowest BCUT2D eigenvalue weighted by atomic mass is 10.2. The first-order valence-corrected chi connectivity index (χ1v) is 8.89. The second kappa shape index (κ2) is 7.25. The number of amides is 2. The average molecular weight is 376 g/mol. The summed E-state index contributed by atoms with van der Waals surface area (Å²) >= 11 is 1.09. The van der Waals surface area contributed by atoms with Crippen LogP contribution in [0, 0.1) is 12.7 Å². The Bertz CT molecular complexity index is 880. The van der Waals surface area contributed by atoms with Crippen LogP contribution in [-0.2, 0) is 4.79 Å². The minimum atomic E-state index is -1.01. The van der Waals surface area contributed by atoms with Gasteiger partial charge in [-0.15, -0.1) is 11.3 Å². The second-order valence-electron chi connectivity index (χ2n) is 6.08. The fourth-order valence-electron chi connectivity index (χ4n) is 2.97. The van der Waals surface area contributed by atoms with Crippen molar-refractivity contribution in [1.82, 2.24) is 4.90 Å². The van der Waals surface area contributed by atoms with E-state index in [1.807, 2.05) is 0 Å². The highest BCUT2D eigenvalue weighted by Crippen LogP contribution is 2.30. The van der Waals surface area contributed by atoms with Gasteiger partial charge in [0.25, 0.3) is 11.8 Å². The number of aryl methyl sites for hydroxylation is 1. The molecule has 6 nitrogen and oxygen atoms in total. The molecule has 1 fully saturated rings. The summed E-state index contributed by atoms with van der Waals surface area (Å²) in [5.74, 6) is -2.34. The van der Waals surface area contributed by atoms with E-state index < -0.39 is 23.7 Å². The van der Waals surface area contributed by atoms with Gasteiger partial charge in [0.15, 0.2) is 0 Å². The van der Waals surface area contributed by atoms with Crippen molar-refractivity contribution in [2.75, 3.05) is 11.9 Å². The summed E-state index contributed by atoms with van der Waals surface area (Å²) in [4.78, 5) is 38.0. The van der Waals surface area contributed by atoms with Gasteiger partial charge in [-0.25, -0.2) is 9.18 Å². The fraction of sp³-hybridized carbons (Fsp3) is 0.278. The van der Waals surface area contributed by atoms with Gasteiger partial charge in [0, 0.05) is 12.1 Å². The van der Waals surface area contributed by atoms with Gasteiger partial charge in [-0.05, 0) is 49.6 Å². The van der Waals surface area contributed by atoms with Crippen LogP contribution in [-0.4, -0.2) is 40.4 Å². The molecule has 1 aliphatic heterocycles. The molecule has 1 atom stereocenters. The Balaban J connectivity index is 1.78. The number of nitrogens with one attached hydrogen (secondary N) is 1. The number of carboxylic acid groups (broad SMARTS) is 1. The number of benzene rings is 1. The zero-order valence-corrected chi connectivity index (χ0v) is 14.8. The lowest BCUT2D eigenvalue weighted by molar-refractivity contribution is -0.141. The van der Waals surface area contributed by atoms with Gasteiger partial charge in [0.05, 0.1) is 9.88 Å².